The lowest BCUT2D eigenvalue weighted by atomic mass is 10.2. The van der Waals surface area contributed by atoms with Gasteiger partial charge < -0.3 is 10.2 Å². The largest absolute Gasteiger partial charge is 0.347 e. The van der Waals surface area contributed by atoms with Crippen LogP contribution in [0.1, 0.15) is 27.1 Å². The van der Waals surface area contributed by atoms with E-state index in [0.29, 0.717) is 24.2 Å². The molecule has 0 spiro atoms. The number of hydrogen-bond donors (Lipinski definition) is 1. The summed E-state index contributed by atoms with van der Waals surface area (Å²) in [6.45, 7) is 1.24. The normalized spacial score (nSPS) is 17.3. The van der Waals surface area contributed by atoms with E-state index in [4.69, 9.17) is 0 Å². The van der Waals surface area contributed by atoms with Crippen LogP contribution in [0.4, 0.5) is 0 Å². The molecule has 4 nitrogen and oxygen atoms in total. The number of benzene rings is 2. The number of rotatable bonds is 3. The highest BCUT2D eigenvalue weighted by atomic mass is 16.2. The SMILES string of the molecule is O=C(N[C@H]1CCN(C(=O)c2ccccc2)C1)c1ccccc1. The predicted molar refractivity (Wildman–Crippen MR) is 84.7 cm³/mol. The zero-order chi connectivity index (χ0) is 15.4. The van der Waals surface area contributed by atoms with E-state index in [9.17, 15) is 9.59 Å². The Labute approximate surface area is 129 Å². The molecule has 22 heavy (non-hydrogen) atoms. The standard InChI is InChI=1S/C18H18N2O2/c21-17(14-7-3-1-4-8-14)19-16-11-12-20(13-16)18(22)15-9-5-2-6-10-15/h1-10,16H,11-13H2,(H,19,21)/t16-/m0/s1. The molecule has 3 rings (SSSR count). The lowest BCUT2D eigenvalue weighted by Crippen LogP contribution is -2.38. The van der Waals surface area contributed by atoms with E-state index in [1.807, 2.05) is 48.5 Å². The minimum atomic E-state index is -0.0837. The lowest BCUT2D eigenvalue weighted by molar-refractivity contribution is 0.0783. The van der Waals surface area contributed by atoms with Crippen molar-refractivity contribution < 1.29 is 9.59 Å². The molecule has 112 valence electrons. The van der Waals surface area contributed by atoms with Gasteiger partial charge in [0.25, 0.3) is 11.8 Å². The lowest BCUT2D eigenvalue weighted by Gasteiger charge is -2.17. The molecule has 1 heterocycles. The number of amides is 2. The van der Waals surface area contributed by atoms with Crippen molar-refractivity contribution in [3.05, 3.63) is 71.8 Å². The zero-order valence-electron chi connectivity index (χ0n) is 12.2. The van der Waals surface area contributed by atoms with Gasteiger partial charge in [0.15, 0.2) is 0 Å². The van der Waals surface area contributed by atoms with E-state index in [-0.39, 0.29) is 17.9 Å². The summed E-state index contributed by atoms with van der Waals surface area (Å²) in [5.41, 5.74) is 1.34. The Morgan fingerprint density at radius 1 is 0.909 bits per heavy atom. The van der Waals surface area contributed by atoms with Crippen LogP contribution < -0.4 is 5.32 Å². The maximum atomic E-state index is 12.4. The molecule has 1 atom stereocenters. The molecular weight excluding hydrogens is 276 g/mol. The van der Waals surface area contributed by atoms with Gasteiger partial charge in [0.2, 0.25) is 0 Å². The molecule has 0 bridgehead atoms. The van der Waals surface area contributed by atoms with Crippen LogP contribution >= 0.6 is 0 Å². The molecule has 1 aliphatic rings. The zero-order valence-corrected chi connectivity index (χ0v) is 12.2. The quantitative estimate of drug-likeness (QED) is 0.944. The summed E-state index contributed by atoms with van der Waals surface area (Å²) < 4.78 is 0. The number of nitrogens with zero attached hydrogens (tertiary/aromatic N) is 1. The second kappa shape index (κ2) is 6.43. The van der Waals surface area contributed by atoms with Gasteiger partial charge in [0.05, 0.1) is 0 Å². The molecule has 0 aromatic heterocycles. The van der Waals surface area contributed by atoms with E-state index >= 15 is 0 Å². The summed E-state index contributed by atoms with van der Waals surface area (Å²) in [4.78, 5) is 26.3. The Balaban J connectivity index is 1.59. The maximum absolute atomic E-state index is 12.4. The van der Waals surface area contributed by atoms with Crippen LogP contribution in [0.5, 0.6) is 0 Å². The van der Waals surface area contributed by atoms with Gasteiger partial charge in [-0.1, -0.05) is 36.4 Å². The average molecular weight is 294 g/mol. The third-order valence-corrected chi connectivity index (χ3v) is 3.87. The highest BCUT2D eigenvalue weighted by molar-refractivity contribution is 5.95. The molecule has 0 aliphatic carbocycles. The molecule has 1 saturated heterocycles. The first kappa shape index (κ1) is 14.3. The molecule has 1 fully saturated rings. The van der Waals surface area contributed by atoms with Gasteiger partial charge in [-0.3, -0.25) is 9.59 Å². The fraction of sp³-hybridized carbons (Fsp3) is 0.222. The van der Waals surface area contributed by atoms with Crippen LogP contribution in [0.25, 0.3) is 0 Å². The van der Waals surface area contributed by atoms with Gasteiger partial charge in [0.1, 0.15) is 0 Å². The molecule has 2 aromatic rings. The van der Waals surface area contributed by atoms with Crippen LogP contribution in [0.2, 0.25) is 0 Å². The first-order chi connectivity index (χ1) is 10.7. The summed E-state index contributed by atoms with van der Waals surface area (Å²) in [6, 6.07) is 18.4. The Morgan fingerprint density at radius 3 is 2.14 bits per heavy atom. The minimum Gasteiger partial charge on any atom is -0.347 e. The smallest absolute Gasteiger partial charge is 0.253 e. The van der Waals surface area contributed by atoms with Gasteiger partial charge in [-0.2, -0.15) is 0 Å². The van der Waals surface area contributed by atoms with Gasteiger partial charge in [0, 0.05) is 30.3 Å². The third-order valence-electron chi connectivity index (χ3n) is 3.87. The van der Waals surface area contributed by atoms with E-state index in [1.54, 1.807) is 17.0 Å². The van der Waals surface area contributed by atoms with Crippen molar-refractivity contribution >= 4 is 11.8 Å². The van der Waals surface area contributed by atoms with Crippen LogP contribution in [0.15, 0.2) is 60.7 Å². The average Bonchev–Trinajstić information content (AvgIpc) is 3.04. The van der Waals surface area contributed by atoms with Crippen molar-refractivity contribution in [2.24, 2.45) is 0 Å². The fourth-order valence-corrected chi connectivity index (χ4v) is 2.68. The van der Waals surface area contributed by atoms with E-state index in [0.717, 1.165) is 6.42 Å². The first-order valence-corrected chi connectivity index (χ1v) is 7.44. The van der Waals surface area contributed by atoms with Crippen molar-refractivity contribution in [3.63, 3.8) is 0 Å². The Kier molecular flexibility index (Phi) is 4.19. The maximum Gasteiger partial charge on any atom is 0.253 e. The highest BCUT2D eigenvalue weighted by Gasteiger charge is 2.27. The van der Waals surface area contributed by atoms with Crippen LogP contribution in [0.3, 0.4) is 0 Å². The second-order valence-corrected chi connectivity index (χ2v) is 5.44. The van der Waals surface area contributed by atoms with Crippen LogP contribution in [-0.2, 0) is 0 Å². The summed E-state index contributed by atoms with van der Waals surface area (Å²) >= 11 is 0. The number of carbonyl (C=O) groups excluding carboxylic acids is 2. The molecule has 1 aliphatic heterocycles. The first-order valence-electron chi connectivity index (χ1n) is 7.44. The second-order valence-electron chi connectivity index (χ2n) is 5.44. The van der Waals surface area contributed by atoms with Crippen molar-refractivity contribution in [1.29, 1.82) is 0 Å². The molecule has 4 heteroatoms. The molecule has 1 N–H and O–H groups in total. The number of carbonyl (C=O) groups is 2. The molecule has 0 unspecified atom stereocenters. The fourth-order valence-electron chi connectivity index (χ4n) is 2.68. The van der Waals surface area contributed by atoms with Crippen molar-refractivity contribution in [1.82, 2.24) is 10.2 Å². The number of likely N-dealkylation sites (tertiary alicyclic amines) is 1. The van der Waals surface area contributed by atoms with E-state index in [1.165, 1.54) is 0 Å². The number of hydrogen-bond acceptors (Lipinski definition) is 2. The number of nitrogens with one attached hydrogen (secondary N) is 1. The van der Waals surface area contributed by atoms with Gasteiger partial charge in [-0.25, -0.2) is 0 Å². The minimum absolute atomic E-state index is 0.0142. The van der Waals surface area contributed by atoms with Crippen LogP contribution in [-0.4, -0.2) is 35.8 Å². The summed E-state index contributed by atoms with van der Waals surface area (Å²) in [6.07, 6.45) is 0.789. The molecular formula is C18H18N2O2. The van der Waals surface area contributed by atoms with Gasteiger partial charge >= 0.3 is 0 Å². The van der Waals surface area contributed by atoms with Gasteiger partial charge in [-0.15, -0.1) is 0 Å². The van der Waals surface area contributed by atoms with Crippen molar-refractivity contribution in [3.8, 4) is 0 Å². The van der Waals surface area contributed by atoms with Crippen LogP contribution in [0, 0.1) is 0 Å². The monoisotopic (exact) mass is 294 g/mol. The van der Waals surface area contributed by atoms with Crippen molar-refractivity contribution in [2.75, 3.05) is 13.1 Å². The highest BCUT2D eigenvalue weighted by Crippen LogP contribution is 2.14. The molecule has 0 saturated carbocycles. The topological polar surface area (TPSA) is 49.4 Å². The molecule has 0 radical (unpaired) electrons. The summed E-state index contributed by atoms with van der Waals surface area (Å²) in [7, 11) is 0. The third kappa shape index (κ3) is 3.17. The predicted octanol–water partition coefficient (Wildman–Crippen LogP) is 2.33. The Bertz CT molecular complexity index is 655. The molecule has 2 aromatic carbocycles. The Morgan fingerprint density at radius 2 is 1.50 bits per heavy atom. The van der Waals surface area contributed by atoms with E-state index in [2.05, 4.69) is 5.32 Å². The van der Waals surface area contributed by atoms with Gasteiger partial charge in [-0.05, 0) is 30.7 Å². The summed E-state index contributed by atoms with van der Waals surface area (Å²) in [5, 5.41) is 3.00. The molecule has 2 amide bonds. The van der Waals surface area contributed by atoms with Crippen molar-refractivity contribution in [2.45, 2.75) is 12.5 Å². The van der Waals surface area contributed by atoms with E-state index < -0.39 is 0 Å². The summed E-state index contributed by atoms with van der Waals surface area (Å²) in [5.74, 6) is -0.0586. The Hall–Kier alpha value is -2.62.